The Labute approximate surface area is 117 Å². The fourth-order valence-corrected chi connectivity index (χ4v) is 2.19. The van der Waals surface area contributed by atoms with Gasteiger partial charge in [0.1, 0.15) is 0 Å². The number of rotatable bonds is 2. The number of ether oxygens (including phenoxy) is 1. The lowest BCUT2D eigenvalue weighted by atomic mass is 9.97. The van der Waals surface area contributed by atoms with Crippen LogP contribution in [0.2, 0.25) is 0 Å². The first-order valence-electron chi connectivity index (χ1n) is 5.01. The average molecular weight is 365 g/mol. The zero-order valence-corrected chi connectivity index (χ0v) is 11.4. The van der Waals surface area contributed by atoms with E-state index >= 15 is 0 Å². The second kappa shape index (κ2) is 5.63. The maximum absolute atomic E-state index is 12.9. The average Bonchev–Trinajstić information content (AvgIpc) is 2.25. The molecule has 0 unspecified atom stereocenters. The van der Waals surface area contributed by atoms with Crippen LogP contribution in [0.4, 0.5) is 26.3 Å². The molecule has 0 saturated carbocycles. The van der Waals surface area contributed by atoms with Gasteiger partial charge in [-0.3, -0.25) is 4.79 Å². The van der Waals surface area contributed by atoms with E-state index in [1.165, 1.54) is 0 Å². The summed E-state index contributed by atoms with van der Waals surface area (Å²) in [6, 6.07) is 1.13. The fourth-order valence-electron chi connectivity index (χ4n) is 1.59. The summed E-state index contributed by atoms with van der Waals surface area (Å²) < 4.78 is 80.5. The molecule has 0 aliphatic rings. The molecule has 0 N–H and O–H groups in total. The molecule has 112 valence electrons. The minimum Gasteiger partial charge on any atom is -0.469 e. The molecule has 0 radical (unpaired) electrons. The zero-order valence-electron chi connectivity index (χ0n) is 9.82. The van der Waals surface area contributed by atoms with Gasteiger partial charge < -0.3 is 4.74 Å². The van der Waals surface area contributed by atoms with Crippen LogP contribution in [0.5, 0.6) is 0 Å². The highest BCUT2D eigenvalue weighted by atomic mass is 79.9. The van der Waals surface area contributed by atoms with Crippen molar-refractivity contribution < 1.29 is 35.9 Å². The first-order chi connectivity index (χ1) is 8.98. The van der Waals surface area contributed by atoms with E-state index in [4.69, 9.17) is 0 Å². The Morgan fingerprint density at radius 3 is 2.10 bits per heavy atom. The van der Waals surface area contributed by atoms with E-state index in [-0.39, 0.29) is 0 Å². The number of benzene rings is 1. The molecule has 20 heavy (non-hydrogen) atoms. The van der Waals surface area contributed by atoms with Gasteiger partial charge >= 0.3 is 18.3 Å². The van der Waals surface area contributed by atoms with Crippen LogP contribution in [-0.4, -0.2) is 13.1 Å². The molecule has 9 heteroatoms. The van der Waals surface area contributed by atoms with Gasteiger partial charge in [-0.15, -0.1) is 0 Å². The smallest absolute Gasteiger partial charge is 0.417 e. The molecule has 0 aromatic heterocycles. The molecule has 1 rings (SSSR count). The van der Waals surface area contributed by atoms with Gasteiger partial charge in [0.15, 0.2) is 0 Å². The molecule has 0 fully saturated rings. The van der Waals surface area contributed by atoms with Crippen LogP contribution in [-0.2, 0) is 28.3 Å². The Balaban J connectivity index is 3.60. The van der Waals surface area contributed by atoms with Crippen LogP contribution in [0, 0.1) is 0 Å². The molecule has 1 aromatic carbocycles. The minimum absolute atomic E-state index is 0.484. The third-order valence-electron chi connectivity index (χ3n) is 2.40. The van der Waals surface area contributed by atoms with Crippen molar-refractivity contribution >= 4 is 21.9 Å². The van der Waals surface area contributed by atoms with E-state index in [2.05, 4.69) is 20.7 Å². The van der Waals surface area contributed by atoms with Crippen LogP contribution < -0.4 is 0 Å². The predicted octanol–water partition coefficient (Wildman–Crippen LogP) is 4.20. The lowest BCUT2D eigenvalue weighted by Crippen LogP contribution is -2.20. The summed E-state index contributed by atoms with van der Waals surface area (Å²) >= 11 is 2.56. The van der Waals surface area contributed by atoms with Crippen LogP contribution >= 0.6 is 15.9 Å². The zero-order chi connectivity index (χ0) is 15.7. The van der Waals surface area contributed by atoms with E-state index in [0.29, 0.717) is 12.1 Å². The van der Waals surface area contributed by atoms with Crippen LogP contribution in [0.1, 0.15) is 16.7 Å². The lowest BCUT2D eigenvalue weighted by Gasteiger charge is -2.19. The summed E-state index contributed by atoms with van der Waals surface area (Å²) in [5.74, 6) is -1.20. The largest absolute Gasteiger partial charge is 0.469 e. The summed E-state index contributed by atoms with van der Waals surface area (Å²) in [6.45, 7) is 0. The predicted molar refractivity (Wildman–Crippen MR) is 59.9 cm³/mol. The molecule has 0 amide bonds. The topological polar surface area (TPSA) is 26.3 Å². The number of alkyl halides is 6. The van der Waals surface area contributed by atoms with Crippen LogP contribution in [0.15, 0.2) is 16.6 Å². The van der Waals surface area contributed by atoms with Crippen molar-refractivity contribution in [2.75, 3.05) is 7.11 Å². The summed E-state index contributed by atoms with van der Waals surface area (Å²) in [7, 11) is 0.876. The molecule has 0 saturated heterocycles. The van der Waals surface area contributed by atoms with Crippen LogP contribution in [0.25, 0.3) is 0 Å². The van der Waals surface area contributed by atoms with Crippen molar-refractivity contribution in [2.24, 2.45) is 0 Å². The molecule has 2 nitrogen and oxygen atoms in total. The fraction of sp³-hybridized carbons (Fsp3) is 0.364. The van der Waals surface area contributed by atoms with Gasteiger partial charge in [0.25, 0.3) is 0 Å². The monoisotopic (exact) mass is 364 g/mol. The number of methoxy groups -OCH3 is 1. The van der Waals surface area contributed by atoms with E-state index in [1.807, 2.05) is 0 Å². The number of carbonyl (C=O) groups is 1. The Bertz CT molecular complexity index is 521. The first-order valence-corrected chi connectivity index (χ1v) is 5.80. The Morgan fingerprint density at radius 2 is 1.70 bits per heavy atom. The third-order valence-corrected chi connectivity index (χ3v) is 3.06. The number of hydrogen-bond donors (Lipinski definition) is 0. The Morgan fingerprint density at radius 1 is 1.15 bits per heavy atom. The molecule has 1 aromatic rings. The molecule has 0 bridgehead atoms. The van der Waals surface area contributed by atoms with Gasteiger partial charge in [0.05, 0.1) is 24.7 Å². The standard InChI is InChI=1S/C11H7BrF6O2/c1-20-8(19)4-5-6(10(13,14)15)2-3-7(12)9(5)11(16,17)18/h2-3H,4H2,1H3. The SMILES string of the molecule is COC(=O)Cc1c(C(F)(F)F)ccc(Br)c1C(F)(F)F. The summed E-state index contributed by atoms with van der Waals surface area (Å²) in [6.07, 6.45) is -11.2. The third kappa shape index (κ3) is 3.65. The summed E-state index contributed by atoms with van der Waals surface area (Å²) in [5.41, 5.74) is -4.21. The maximum atomic E-state index is 12.9. The highest BCUT2D eigenvalue weighted by molar-refractivity contribution is 9.10. The lowest BCUT2D eigenvalue weighted by molar-refractivity contribution is -0.146. The van der Waals surface area contributed by atoms with Gasteiger partial charge in [0, 0.05) is 4.47 Å². The van der Waals surface area contributed by atoms with Crippen LogP contribution in [0.3, 0.4) is 0 Å². The van der Waals surface area contributed by atoms with E-state index in [1.54, 1.807) is 0 Å². The Kier molecular flexibility index (Phi) is 4.73. The van der Waals surface area contributed by atoms with Gasteiger partial charge in [-0.1, -0.05) is 15.9 Å². The van der Waals surface area contributed by atoms with Crippen molar-refractivity contribution in [1.29, 1.82) is 0 Å². The van der Waals surface area contributed by atoms with Crippen molar-refractivity contribution in [3.05, 3.63) is 33.3 Å². The minimum atomic E-state index is -5.04. The van der Waals surface area contributed by atoms with Crippen molar-refractivity contribution in [3.63, 3.8) is 0 Å². The number of hydrogen-bond acceptors (Lipinski definition) is 2. The second-order valence-corrected chi connectivity index (χ2v) is 4.55. The summed E-state index contributed by atoms with van der Waals surface area (Å²) in [5, 5.41) is 0. The number of halogens is 7. The molecular formula is C11H7BrF6O2. The van der Waals surface area contributed by atoms with Gasteiger partial charge in [-0.05, 0) is 17.7 Å². The number of carbonyl (C=O) groups excluding carboxylic acids is 1. The van der Waals surface area contributed by atoms with Crippen molar-refractivity contribution in [2.45, 2.75) is 18.8 Å². The van der Waals surface area contributed by atoms with Crippen molar-refractivity contribution in [1.82, 2.24) is 0 Å². The van der Waals surface area contributed by atoms with Crippen molar-refractivity contribution in [3.8, 4) is 0 Å². The van der Waals surface area contributed by atoms with Gasteiger partial charge in [-0.2, -0.15) is 26.3 Å². The molecule has 0 spiro atoms. The van der Waals surface area contributed by atoms with Gasteiger partial charge in [-0.25, -0.2) is 0 Å². The second-order valence-electron chi connectivity index (χ2n) is 3.70. The highest BCUT2D eigenvalue weighted by Crippen LogP contribution is 2.43. The van der Waals surface area contributed by atoms with E-state index in [0.717, 1.165) is 7.11 Å². The normalized spacial score (nSPS) is 12.4. The summed E-state index contributed by atoms with van der Waals surface area (Å²) in [4.78, 5) is 11.1. The number of esters is 1. The molecule has 0 aliphatic heterocycles. The first kappa shape index (κ1) is 16.8. The highest BCUT2D eigenvalue weighted by Gasteiger charge is 2.42. The molecule has 0 atom stereocenters. The van der Waals surface area contributed by atoms with E-state index < -0.39 is 45.9 Å². The maximum Gasteiger partial charge on any atom is 0.417 e. The molecular weight excluding hydrogens is 358 g/mol. The quantitative estimate of drug-likeness (QED) is 0.580. The Hall–Kier alpha value is -1.25. The molecule has 0 aliphatic carbocycles. The van der Waals surface area contributed by atoms with Gasteiger partial charge in [0.2, 0.25) is 0 Å². The molecule has 0 heterocycles. The van der Waals surface area contributed by atoms with E-state index in [9.17, 15) is 31.1 Å².